The fraction of sp³-hybridized carbons (Fsp3) is 0.222. The maximum atomic E-state index is 5.42. The number of fused-ring (bicyclic) bond motifs is 1. The zero-order chi connectivity index (χ0) is 6.97. The Bertz CT molecular complexity index is 217. The van der Waals surface area contributed by atoms with Crippen molar-refractivity contribution >= 4 is 0 Å². The van der Waals surface area contributed by atoms with Crippen molar-refractivity contribution in [2.75, 3.05) is 0 Å². The maximum Gasteiger partial charge on any atom is 0.150 e. The average molecular weight is 133 g/mol. The lowest BCUT2D eigenvalue weighted by molar-refractivity contribution is 0.361. The molecule has 0 bridgehead atoms. The van der Waals surface area contributed by atoms with E-state index in [1.54, 1.807) is 0 Å². The van der Waals surface area contributed by atoms with Crippen LogP contribution in [0.1, 0.15) is 12.5 Å². The highest BCUT2D eigenvalue weighted by Gasteiger charge is 2.18. The van der Waals surface area contributed by atoms with E-state index < -0.39 is 0 Å². The summed E-state index contributed by atoms with van der Waals surface area (Å²) in [5, 5.41) is 0. The van der Waals surface area contributed by atoms with Crippen LogP contribution in [0.3, 0.4) is 0 Å². The van der Waals surface area contributed by atoms with Gasteiger partial charge < -0.3 is 4.74 Å². The first kappa shape index (κ1) is 5.78. The summed E-state index contributed by atoms with van der Waals surface area (Å²) in [5.41, 5.74) is 1.31. The van der Waals surface area contributed by atoms with Crippen molar-refractivity contribution in [2.24, 2.45) is 0 Å². The van der Waals surface area contributed by atoms with Crippen LogP contribution in [-0.4, -0.2) is 0 Å². The average Bonchev–Trinajstić information content (AvgIpc) is 2.27. The lowest BCUT2D eigenvalue weighted by Gasteiger charge is -1.98. The van der Waals surface area contributed by atoms with Crippen molar-refractivity contribution in [1.29, 1.82) is 0 Å². The van der Waals surface area contributed by atoms with Crippen LogP contribution in [0.5, 0.6) is 5.75 Å². The number of para-hydroxylation sites is 1. The van der Waals surface area contributed by atoms with E-state index in [1.807, 2.05) is 25.1 Å². The molecule has 0 aliphatic carbocycles. The van der Waals surface area contributed by atoms with Crippen LogP contribution < -0.4 is 4.74 Å². The van der Waals surface area contributed by atoms with Crippen molar-refractivity contribution in [1.82, 2.24) is 0 Å². The molecule has 0 fully saturated rings. The minimum atomic E-state index is 0.982. The van der Waals surface area contributed by atoms with Gasteiger partial charge in [0, 0.05) is 6.42 Å². The fourth-order valence-corrected chi connectivity index (χ4v) is 1.24. The first-order valence-corrected chi connectivity index (χ1v) is 3.44. The second-order valence-electron chi connectivity index (χ2n) is 2.59. The molecule has 0 spiro atoms. The molecule has 1 aromatic rings. The van der Waals surface area contributed by atoms with E-state index in [-0.39, 0.29) is 0 Å². The molecule has 51 valence electrons. The van der Waals surface area contributed by atoms with E-state index in [4.69, 9.17) is 4.74 Å². The number of ether oxygens (including phenoxy) is 1. The van der Waals surface area contributed by atoms with E-state index in [1.165, 1.54) is 5.56 Å². The van der Waals surface area contributed by atoms with E-state index in [2.05, 4.69) is 6.07 Å². The van der Waals surface area contributed by atoms with Gasteiger partial charge in [-0.05, 0) is 18.6 Å². The van der Waals surface area contributed by atoms with Crippen molar-refractivity contribution in [3.05, 3.63) is 35.9 Å². The topological polar surface area (TPSA) is 9.23 Å². The summed E-state index contributed by atoms with van der Waals surface area (Å²) in [6.07, 6.45) is 2.08. The van der Waals surface area contributed by atoms with Crippen molar-refractivity contribution in [3.8, 4) is 5.75 Å². The van der Waals surface area contributed by atoms with Gasteiger partial charge >= 0.3 is 0 Å². The smallest absolute Gasteiger partial charge is 0.150 e. The lowest BCUT2D eigenvalue weighted by atomic mass is 10.1. The molecule has 0 aromatic heterocycles. The normalized spacial score (nSPS) is 16.5. The van der Waals surface area contributed by atoms with Crippen LogP contribution in [0.2, 0.25) is 0 Å². The number of hydrogen-bond acceptors (Lipinski definition) is 1. The third-order valence-corrected chi connectivity index (χ3v) is 1.70. The molecule has 1 aliphatic heterocycles. The molecule has 0 atom stereocenters. The zero-order valence-corrected chi connectivity index (χ0v) is 5.92. The van der Waals surface area contributed by atoms with Crippen LogP contribution in [0.4, 0.5) is 0 Å². The molecule has 1 radical (unpaired) electrons. The summed E-state index contributed by atoms with van der Waals surface area (Å²) in [5.74, 6) is 1.03. The molecule has 0 N–H and O–H groups in total. The monoisotopic (exact) mass is 133 g/mol. The molecule has 1 aromatic carbocycles. The Kier molecular flexibility index (Phi) is 1.16. The van der Waals surface area contributed by atoms with Crippen LogP contribution in [0.25, 0.3) is 0 Å². The molecular formula is C9H9O. The Hall–Kier alpha value is -0.980. The van der Waals surface area contributed by atoms with Gasteiger partial charge in [0.05, 0.1) is 0 Å². The maximum absolute atomic E-state index is 5.42. The standard InChI is InChI=1S/C9H9O/c1-7-6-8-4-2-3-5-9(8)10-7/h2-5H,6H2,1H3. The highest BCUT2D eigenvalue weighted by molar-refractivity contribution is 5.39. The summed E-state index contributed by atoms with van der Waals surface area (Å²) in [4.78, 5) is 0. The number of rotatable bonds is 0. The Labute approximate surface area is 60.6 Å². The third-order valence-electron chi connectivity index (χ3n) is 1.70. The second-order valence-corrected chi connectivity index (χ2v) is 2.59. The van der Waals surface area contributed by atoms with Crippen molar-refractivity contribution in [3.63, 3.8) is 0 Å². The zero-order valence-electron chi connectivity index (χ0n) is 5.92. The van der Waals surface area contributed by atoms with Gasteiger partial charge in [0.15, 0.2) is 0 Å². The highest BCUT2D eigenvalue weighted by atomic mass is 16.5. The number of hydrogen-bond donors (Lipinski definition) is 0. The molecule has 0 unspecified atom stereocenters. The van der Waals surface area contributed by atoms with Gasteiger partial charge in [0.1, 0.15) is 11.9 Å². The van der Waals surface area contributed by atoms with E-state index in [9.17, 15) is 0 Å². The summed E-state index contributed by atoms with van der Waals surface area (Å²) in [7, 11) is 0. The van der Waals surface area contributed by atoms with Gasteiger partial charge in [-0.15, -0.1) is 0 Å². The first-order valence-electron chi connectivity index (χ1n) is 3.44. The van der Waals surface area contributed by atoms with Crippen LogP contribution in [0.15, 0.2) is 24.3 Å². The molecule has 0 amide bonds. The van der Waals surface area contributed by atoms with Gasteiger partial charge in [-0.2, -0.15) is 0 Å². The van der Waals surface area contributed by atoms with Gasteiger partial charge in [0.2, 0.25) is 0 Å². The third kappa shape index (κ3) is 0.783. The molecule has 0 saturated carbocycles. The molecular weight excluding hydrogens is 124 g/mol. The van der Waals surface area contributed by atoms with E-state index in [0.29, 0.717) is 0 Å². The quantitative estimate of drug-likeness (QED) is 0.527. The molecule has 10 heavy (non-hydrogen) atoms. The Morgan fingerprint density at radius 3 is 2.90 bits per heavy atom. The molecule has 1 heteroatoms. The molecule has 0 saturated heterocycles. The molecule has 2 rings (SSSR count). The first-order chi connectivity index (χ1) is 4.86. The minimum Gasteiger partial charge on any atom is -0.483 e. The van der Waals surface area contributed by atoms with E-state index in [0.717, 1.165) is 18.3 Å². The number of benzene rings is 1. The van der Waals surface area contributed by atoms with Gasteiger partial charge in [-0.25, -0.2) is 0 Å². The Morgan fingerprint density at radius 1 is 1.30 bits per heavy atom. The summed E-state index contributed by atoms with van der Waals surface area (Å²) in [6.45, 7) is 2.01. The Morgan fingerprint density at radius 2 is 2.10 bits per heavy atom. The van der Waals surface area contributed by atoms with Crippen molar-refractivity contribution < 1.29 is 4.74 Å². The summed E-state index contributed by atoms with van der Waals surface area (Å²) in [6, 6.07) is 8.15. The van der Waals surface area contributed by atoms with Crippen LogP contribution >= 0.6 is 0 Å². The summed E-state index contributed by atoms with van der Waals surface area (Å²) < 4.78 is 5.42. The van der Waals surface area contributed by atoms with Crippen LogP contribution in [0, 0.1) is 6.10 Å². The van der Waals surface area contributed by atoms with Gasteiger partial charge in [-0.3, -0.25) is 0 Å². The minimum absolute atomic E-state index is 0.982. The Balaban J connectivity index is 2.42. The summed E-state index contributed by atoms with van der Waals surface area (Å²) >= 11 is 0. The van der Waals surface area contributed by atoms with Gasteiger partial charge in [0.25, 0.3) is 0 Å². The predicted octanol–water partition coefficient (Wildman–Crippen LogP) is 2.17. The SMILES string of the molecule is C[C]1Cc2ccccc2O1. The molecule has 1 aliphatic rings. The predicted molar refractivity (Wildman–Crippen MR) is 39.7 cm³/mol. The lowest BCUT2D eigenvalue weighted by Crippen LogP contribution is -1.93. The fourth-order valence-electron chi connectivity index (χ4n) is 1.24. The largest absolute Gasteiger partial charge is 0.483 e. The van der Waals surface area contributed by atoms with Crippen molar-refractivity contribution in [2.45, 2.75) is 13.3 Å². The molecule has 1 nitrogen and oxygen atoms in total. The highest BCUT2D eigenvalue weighted by Crippen LogP contribution is 2.30. The second kappa shape index (κ2) is 2.01. The van der Waals surface area contributed by atoms with Gasteiger partial charge in [-0.1, -0.05) is 18.2 Å². The van der Waals surface area contributed by atoms with E-state index >= 15 is 0 Å². The van der Waals surface area contributed by atoms with Crippen LogP contribution in [-0.2, 0) is 6.42 Å². The molecule has 1 heterocycles.